The first kappa shape index (κ1) is 13.8. The van der Waals surface area contributed by atoms with Gasteiger partial charge >= 0.3 is 0 Å². The molecular formula is C12H14Br3NO2. The van der Waals surface area contributed by atoms with E-state index in [0.29, 0.717) is 12.2 Å². The smallest absolute Gasteiger partial charge is 0.0847 e. The van der Waals surface area contributed by atoms with Gasteiger partial charge in [-0.1, -0.05) is 47.8 Å². The van der Waals surface area contributed by atoms with Gasteiger partial charge in [-0.2, -0.15) is 0 Å². The summed E-state index contributed by atoms with van der Waals surface area (Å²) in [5, 5.41) is 0. The largest absolute Gasteiger partial charge is 0.373 e. The summed E-state index contributed by atoms with van der Waals surface area (Å²) in [4.78, 5) is 0.104. The fourth-order valence-corrected chi connectivity index (χ4v) is 5.32. The molecule has 0 saturated carbocycles. The standard InChI is InChI=1S/C12H14Br3NO2/c13-9-2-10(14)12(16,3-7-5-18-7)11(15)8(9)1-6-4-17-6/h2,6-7,11H,1,3-5,16H2. The number of rotatable bonds is 4. The third-order valence-corrected chi connectivity index (χ3v) is 6.66. The maximum absolute atomic E-state index is 6.60. The zero-order valence-corrected chi connectivity index (χ0v) is 14.4. The molecule has 0 aromatic carbocycles. The van der Waals surface area contributed by atoms with Gasteiger partial charge in [0, 0.05) is 8.96 Å². The molecule has 100 valence electrons. The van der Waals surface area contributed by atoms with Crippen LogP contribution in [0.2, 0.25) is 0 Å². The zero-order chi connectivity index (χ0) is 12.9. The Hall–Kier alpha value is 0.800. The quantitative estimate of drug-likeness (QED) is 0.537. The molecule has 2 heterocycles. The number of alkyl halides is 1. The van der Waals surface area contributed by atoms with E-state index in [1.165, 1.54) is 5.57 Å². The van der Waals surface area contributed by atoms with E-state index in [9.17, 15) is 0 Å². The number of hydrogen-bond donors (Lipinski definition) is 1. The number of nitrogens with two attached hydrogens (primary N) is 1. The first-order chi connectivity index (χ1) is 8.50. The summed E-state index contributed by atoms with van der Waals surface area (Å²) >= 11 is 11.0. The van der Waals surface area contributed by atoms with Crippen molar-refractivity contribution in [1.29, 1.82) is 0 Å². The highest BCUT2D eigenvalue weighted by atomic mass is 79.9. The van der Waals surface area contributed by atoms with Gasteiger partial charge in [-0.3, -0.25) is 0 Å². The topological polar surface area (TPSA) is 51.1 Å². The van der Waals surface area contributed by atoms with Gasteiger partial charge in [0.2, 0.25) is 0 Å². The Morgan fingerprint density at radius 3 is 2.44 bits per heavy atom. The average molecular weight is 444 g/mol. The van der Waals surface area contributed by atoms with E-state index < -0.39 is 5.54 Å². The third-order valence-electron chi connectivity index (χ3n) is 3.58. The molecule has 4 atom stereocenters. The Bertz CT molecular complexity index is 429. The van der Waals surface area contributed by atoms with Gasteiger partial charge in [-0.25, -0.2) is 0 Å². The van der Waals surface area contributed by atoms with Crippen LogP contribution < -0.4 is 5.73 Å². The minimum absolute atomic E-state index is 0.104. The summed E-state index contributed by atoms with van der Waals surface area (Å²) in [6, 6.07) is 0. The molecule has 3 aliphatic rings. The Morgan fingerprint density at radius 1 is 1.28 bits per heavy atom. The van der Waals surface area contributed by atoms with E-state index in [0.717, 1.165) is 35.0 Å². The zero-order valence-electron chi connectivity index (χ0n) is 9.67. The molecule has 3 rings (SSSR count). The van der Waals surface area contributed by atoms with Crippen LogP contribution in [0.3, 0.4) is 0 Å². The summed E-state index contributed by atoms with van der Waals surface area (Å²) < 4.78 is 12.8. The van der Waals surface area contributed by atoms with Crippen molar-refractivity contribution in [2.45, 2.75) is 35.4 Å². The van der Waals surface area contributed by atoms with Crippen molar-refractivity contribution < 1.29 is 9.47 Å². The summed E-state index contributed by atoms with van der Waals surface area (Å²) in [5.74, 6) is 0. The van der Waals surface area contributed by atoms with Gasteiger partial charge in [0.1, 0.15) is 0 Å². The van der Waals surface area contributed by atoms with Crippen molar-refractivity contribution in [3.63, 3.8) is 0 Å². The lowest BCUT2D eigenvalue weighted by atomic mass is 9.82. The van der Waals surface area contributed by atoms with Crippen molar-refractivity contribution >= 4 is 47.8 Å². The molecule has 4 unspecified atom stereocenters. The van der Waals surface area contributed by atoms with Gasteiger partial charge in [0.15, 0.2) is 0 Å². The molecule has 2 saturated heterocycles. The fraction of sp³-hybridized carbons (Fsp3) is 0.667. The normalized spacial score (nSPS) is 42.9. The lowest BCUT2D eigenvalue weighted by Crippen LogP contribution is -2.52. The van der Waals surface area contributed by atoms with Gasteiger partial charge in [-0.05, 0) is 24.5 Å². The lowest BCUT2D eigenvalue weighted by Gasteiger charge is -2.38. The minimum Gasteiger partial charge on any atom is -0.373 e. The van der Waals surface area contributed by atoms with E-state index in [4.69, 9.17) is 15.2 Å². The first-order valence-electron chi connectivity index (χ1n) is 5.93. The monoisotopic (exact) mass is 441 g/mol. The van der Waals surface area contributed by atoms with Crippen LogP contribution in [0.15, 0.2) is 20.6 Å². The van der Waals surface area contributed by atoms with Gasteiger partial charge in [-0.15, -0.1) is 0 Å². The third kappa shape index (κ3) is 2.65. The number of ether oxygens (including phenoxy) is 2. The van der Waals surface area contributed by atoms with E-state index in [1.807, 2.05) is 0 Å². The Balaban J connectivity index is 1.85. The predicted octanol–water partition coefficient (Wildman–Crippen LogP) is 2.97. The SMILES string of the molecule is NC1(CC2CO2)C(Br)=CC(Br)=C(CC2CO2)C1Br. The van der Waals surface area contributed by atoms with Crippen molar-refractivity contribution in [3.05, 3.63) is 20.6 Å². The van der Waals surface area contributed by atoms with Gasteiger partial charge < -0.3 is 15.2 Å². The van der Waals surface area contributed by atoms with E-state index in [1.54, 1.807) is 0 Å². The van der Waals surface area contributed by atoms with Crippen LogP contribution in [0, 0.1) is 0 Å². The van der Waals surface area contributed by atoms with E-state index in [-0.39, 0.29) is 4.83 Å². The number of hydrogen-bond acceptors (Lipinski definition) is 3. The predicted molar refractivity (Wildman–Crippen MR) is 81.3 cm³/mol. The molecule has 3 nitrogen and oxygen atoms in total. The van der Waals surface area contributed by atoms with Gasteiger partial charge in [0.25, 0.3) is 0 Å². The van der Waals surface area contributed by atoms with Crippen LogP contribution in [0.25, 0.3) is 0 Å². The molecule has 1 aliphatic carbocycles. The summed E-state index contributed by atoms with van der Waals surface area (Å²) in [6.07, 6.45) is 4.48. The van der Waals surface area contributed by atoms with E-state index >= 15 is 0 Å². The molecule has 0 aromatic rings. The maximum Gasteiger partial charge on any atom is 0.0847 e. The van der Waals surface area contributed by atoms with Crippen molar-refractivity contribution in [2.75, 3.05) is 13.2 Å². The summed E-state index contributed by atoms with van der Waals surface area (Å²) in [7, 11) is 0. The second-order valence-electron chi connectivity index (χ2n) is 5.09. The molecule has 18 heavy (non-hydrogen) atoms. The minimum atomic E-state index is -0.428. The van der Waals surface area contributed by atoms with Crippen molar-refractivity contribution in [3.8, 4) is 0 Å². The fourth-order valence-electron chi connectivity index (χ4n) is 2.29. The molecule has 6 heteroatoms. The van der Waals surface area contributed by atoms with Gasteiger partial charge in [0.05, 0.1) is 35.8 Å². The number of epoxide rings is 2. The molecule has 2 fully saturated rings. The number of allylic oxidation sites excluding steroid dienone is 2. The van der Waals surface area contributed by atoms with Crippen LogP contribution >= 0.6 is 47.8 Å². The summed E-state index contributed by atoms with van der Waals surface area (Å²) in [5.41, 5.74) is 7.45. The van der Waals surface area contributed by atoms with Crippen LogP contribution in [-0.2, 0) is 9.47 Å². The molecule has 0 bridgehead atoms. The first-order valence-corrected chi connectivity index (χ1v) is 8.43. The van der Waals surface area contributed by atoms with Crippen LogP contribution in [-0.4, -0.2) is 35.8 Å². The Morgan fingerprint density at radius 2 is 1.89 bits per heavy atom. The summed E-state index contributed by atoms with van der Waals surface area (Å²) in [6.45, 7) is 1.68. The average Bonchev–Trinajstić information content (AvgIpc) is 3.17. The second kappa shape index (κ2) is 4.97. The second-order valence-corrected chi connectivity index (χ2v) is 7.71. The highest BCUT2D eigenvalue weighted by Gasteiger charge is 2.46. The Kier molecular flexibility index (Phi) is 3.80. The van der Waals surface area contributed by atoms with Crippen LogP contribution in [0.4, 0.5) is 0 Å². The van der Waals surface area contributed by atoms with E-state index in [2.05, 4.69) is 53.9 Å². The maximum atomic E-state index is 6.60. The molecule has 2 aliphatic heterocycles. The molecule has 0 amide bonds. The Labute approximate surface area is 132 Å². The van der Waals surface area contributed by atoms with Crippen molar-refractivity contribution in [1.82, 2.24) is 0 Å². The van der Waals surface area contributed by atoms with Crippen LogP contribution in [0.1, 0.15) is 12.8 Å². The molecule has 0 spiro atoms. The van der Waals surface area contributed by atoms with Crippen molar-refractivity contribution in [2.24, 2.45) is 5.73 Å². The number of halogens is 3. The molecule has 2 N–H and O–H groups in total. The lowest BCUT2D eigenvalue weighted by molar-refractivity contribution is 0.347. The van der Waals surface area contributed by atoms with Crippen LogP contribution in [0.5, 0.6) is 0 Å². The molecular weight excluding hydrogens is 430 g/mol. The molecule has 0 aromatic heterocycles. The highest BCUT2D eigenvalue weighted by molar-refractivity contribution is 9.12. The highest BCUT2D eigenvalue weighted by Crippen LogP contribution is 2.46. The molecule has 0 radical (unpaired) electrons.